The quantitative estimate of drug-likeness (QED) is 0.298. The topological polar surface area (TPSA) is 67.1 Å². The smallest absolute Gasteiger partial charge is 0.191 e. The van der Waals surface area contributed by atoms with Crippen molar-refractivity contribution in [2.24, 2.45) is 4.99 Å². The third-order valence-corrected chi connectivity index (χ3v) is 4.63. The van der Waals surface area contributed by atoms with Gasteiger partial charge in [0.05, 0.1) is 25.8 Å². The maximum Gasteiger partial charge on any atom is 0.191 e. The lowest BCUT2D eigenvalue weighted by atomic mass is 10.2. The number of halogens is 1. The zero-order chi connectivity index (χ0) is 18.2. The number of aromatic nitrogens is 3. The molecule has 3 aromatic rings. The fourth-order valence-corrected chi connectivity index (χ4v) is 3.23. The molecule has 27 heavy (non-hydrogen) atoms. The number of hydrogen-bond donors (Lipinski definition) is 2. The molecule has 2 N–H and O–H groups in total. The second-order valence-corrected chi connectivity index (χ2v) is 7.26. The average Bonchev–Trinajstić information content (AvgIpc) is 3.27. The number of benzene rings is 1. The predicted octanol–water partition coefficient (Wildman–Crippen LogP) is 3.57. The van der Waals surface area contributed by atoms with E-state index in [1.54, 1.807) is 11.3 Å². The van der Waals surface area contributed by atoms with Crippen molar-refractivity contribution >= 4 is 41.3 Å². The molecule has 2 aromatic heterocycles. The Kier molecular flexibility index (Phi) is 8.73. The van der Waals surface area contributed by atoms with Crippen LogP contribution in [0, 0.1) is 6.92 Å². The van der Waals surface area contributed by atoms with Gasteiger partial charge in [-0.05, 0) is 19.4 Å². The van der Waals surface area contributed by atoms with Crippen molar-refractivity contribution in [3.05, 3.63) is 69.9 Å². The van der Waals surface area contributed by atoms with Gasteiger partial charge in [0, 0.05) is 29.4 Å². The van der Waals surface area contributed by atoms with Gasteiger partial charge in [0.15, 0.2) is 5.96 Å². The van der Waals surface area contributed by atoms with E-state index in [4.69, 9.17) is 0 Å². The monoisotopic (exact) mass is 496 g/mol. The van der Waals surface area contributed by atoms with Crippen LogP contribution in [0.4, 0.5) is 0 Å². The number of nitrogens with zero attached hydrogens (tertiary/aromatic N) is 4. The highest BCUT2D eigenvalue weighted by atomic mass is 127. The number of hydrogen-bond acceptors (Lipinski definition) is 4. The molecule has 0 fully saturated rings. The number of rotatable bonds is 7. The molecule has 0 amide bonds. The van der Waals surface area contributed by atoms with E-state index in [2.05, 4.69) is 51.7 Å². The minimum atomic E-state index is 0. The molecule has 1 aromatic carbocycles. The van der Waals surface area contributed by atoms with Gasteiger partial charge >= 0.3 is 0 Å². The molecule has 0 saturated carbocycles. The Bertz CT molecular complexity index is 843. The van der Waals surface area contributed by atoms with E-state index in [9.17, 15) is 0 Å². The van der Waals surface area contributed by atoms with Crippen LogP contribution in [0.3, 0.4) is 0 Å². The van der Waals surface area contributed by atoms with Gasteiger partial charge < -0.3 is 10.6 Å². The van der Waals surface area contributed by atoms with E-state index in [1.807, 2.05) is 41.5 Å². The van der Waals surface area contributed by atoms with Crippen molar-refractivity contribution in [2.75, 3.05) is 6.54 Å². The summed E-state index contributed by atoms with van der Waals surface area (Å²) in [7, 11) is 0. The minimum Gasteiger partial charge on any atom is -0.357 e. The summed E-state index contributed by atoms with van der Waals surface area (Å²) in [5.74, 6) is 0.788. The van der Waals surface area contributed by atoms with E-state index in [-0.39, 0.29) is 24.0 Å². The molecule has 144 valence electrons. The fraction of sp³-hybridized carbons (Fsp3) is 0.316. The van der Waals surface area contributed by atoms with Gasteiger partial charge in [-0.15, -0.1) is 35.3 Å². The second kappa shape index (κ2) is 11.0. The van der Waals surface area contributed by atoms with Crippen molar-refractivity contribution in [2.45, 2.75) is 33.5 Å². The van der Waals surface area contributed by atoms with Crippen molar-refractivity contribution in [3.8, 4) is 0 Å². The summed E-state index contributed by atoms with van der Waals surface area (Å²) in [4.78, 5) is 10.2. The molecule has 0 bridgehead atoms. The lowest BCUT2D eigenvalue weighted by molar-refractivity contribution is 0.686. The molecule has 0 aliphatic heterocycles. The van der Waals surface area contributed by atoms with Crippen molar-refractivity contribution in [3.63, 3.8) is 0 Å². The van der Waals surface area contributed by atoms with Crippen LogP contribution >= 0.6 is 35.3 Å². The number of guanidine groups is 1. The standard InChI is InChI=1S/C19H24N6S.HI/c1-3-20-19(23-12-18-21-9-15(2)26-18)22-10-17-11-24-25(14-17)13-16-7-5-4-6-8-16;/h4-9,11,14H,3,10,12-13H2,1-2H3,(H2,20,22,23);1H. The molecule has 0 unspecified atom stereocenters. The van der Waals surface area contributed by atoms with Crippen LogP contribution in [-0.4, -0.2) is 27.3 Å². The summed E-state index contributed by atoms with van der Waals surface area (Å²) in [6, 6.07) is 10.3. The molecule has 6 nitrogen and oxygen atoms in total. The molecular formula is C19H25IN6S. The Morgan fingerprint density at radius 1 is 1.15 bits per heavy atom. The maximum absolute atomic E-state index is 4.64. The summed E-state index contributed by atoms with van der Waals surface area (Å²) in [5.41, 5.74) is 2.32. The van der Waals surface area contributed by atoms with E-state index in [0.29, 0.717) is 13.1 Å². The Morgan fingerprint density at radius 3 is 2.67 bits per heavy atom. The molecule has 0 saturated heterocycles. The first kappa shape index (κ1) is 21.4. The van der Waals surface area contributed by atoms with Gasteiger partial charge in [-0.25, -0.2) is 9.98 Å². The molecular weight excluding hydrogens is 471 g/mol. The Balaban J connectivity index is 0.00000261. The predicted molar refractivity (Wildman–Crippen MR) is 122 cm³/mol. The van der Waals surface area contributed by atoms with Crippen molar-refractivity contribution < 1.29 is 0 Å². The Hall–Kier alpha value is -1.94. The molecule has 0 spiro atoms. The van der Waals surface area contributed by atoms with Gasteiger partial charge in [0.25, 0.3) is 0 Å². The number of thiazole rings is 1. The molecule has 8 heteroatoms. The Morgan fingerprint density at radius 2 is 1.96 bits per heavy atom. The van der Waals surface area contributed by atoms with E-state index < -0.39 is 0 Å². The number of aryl methyl sites for hydroxylation is 1. The van der Waals surface area contributed by atoms with Crippen LogP contribution in [0.2, 0.25) is 0 Å². The molecule has 2 heterocycles. The van der Waals surface area contributed by atoms with Crippen LogP contribution in [0.1, 0.15) is 27.9 Å². The van der Waals surface area contributed by atoms with Crippen LogP contribution in [0.15, 0.2) is 53.9 Å². The third kappa shape index (κ3) is 6.94. The summed E-state index contributed by atoms with van der Waals surface area (Å²) in [5, 5.41) is 12.1. The summed E-state index contributed by atoms with van der Waals surface area (Å²) in [6.07, 6.45) is 5.82. The molecule has 0 atom stereocenters. The van der Waals surface area contributed by atoms with Crippen LogP contribution in [0.25, 0.3) is 0 Å². The second-order valence-electron chi connectivity index (χ2n) is 5.95. The first-order chi connectivity index (χ1) is 12.7. The van der Waals surface area contributed by atoms with Crippen LogP contribution in [0.5, 0.6) is 0 Å². The van der Waals surface area contributed by atoms with Gasteiger partial charge in [0.2, 0.25) is 0 Å². The van der Waals surface area contributed by atoms with E-state index >= 15 is 0 Å². The Labute approximate surface area is 181 Å². The first-order valence-corrected chi connectivity index (χ1v) is 9.53. The molecule has 3 rings (SSSR count). The first-order valence-electron chi connectivity index (χ1n) is 8.71. The summed E-state index contributed by atoms with van der Waals surface area (Å²) < 4.78 is 1.94. The molecule has 0 aliphatic carbocycles. The van der Waals surface area contributed by atoms with Gasteiger partial charge in [-0.3, -0.25) is 4.68 Å². The highest BCUT2D eigenvalue weighted by Crippen LogP contribution is 2.10. The largest absolute Gasteiger partial charge is 0.357 e. The third-order valence-electron chi connectivity index (χ3n) is 3.71. The van der Waals surface area contributed by atoms with Gasteiger partial charge in [0.1, 0.15) is 5.01 Å². The lowest BCUT2D eigenvalue weighted by Crippen LogP contribution is -2.36. The number of aliphatic imine (C=N–C) groups is 1. The van der Waals surface area contributed by atoms with E-state index in [0.717, 1.165) is 29.6 Å². The normalized spacial score (nSPS) is 11.1. The minimum absolute atomic E-state index is 0. The van der Waals surface area contributed by atoms with Gasteiger partial charge in [-0.2, -0.15) is 5.10 Å². The number of nitrogens with one attached hydrogen (secondary N) is 2. The zero-order valence-corrected chi connectivity index (χ0v) is 18.7. The highest BCUT2D eigenvalue weighted by molar-refractivity contribution is 14.0. The summed E-state index contributed by atoms with van der Waals surface area (Å²) >= 11 is 1.70. The lowest BCUT2D eigenvalue weighted by Gasteiger charge is -2.09. The van der Waals surface area contributed by atoms with Crippen LogP contribution < -0.4 is 10.6 Å². The van der Waals surface area contributed by atoms with Crippen molar-refractivity contribution in [1.29, 1.82) is 0 Å². The SMILES string of the molecule is CCNC(=NCc1cnn(Cc2ccccc2)c1)NCc1ncc(C)s1.I. The zero-order valence-electron chi connectivity index (χ0n) is 15.6. The average molecular weight is 496 g/mol. The van der Waals surface area contributed by atoms with Crippen molar-refractivity contribution in [1.82, 2.24) is 25.4 Å². The van der Waals surface area contributed by atoms with E-state index in [1.165, 1.54) is 10.4 Å². The maximum atomic E-state index is 4.64. The molecule has 0 aliphatic rings. The van der Waals surface area contributed by atoms with Gasteiger partial charge in [-0.1, -0.05) is 30.3 Å². The summed E-state index contributed by atoms with van der Waals surface area (Å²) in [6.45, 7) is 6.97. The highest BCUT2D eigenvalue weighted by Gasteiger charge is 2.03. The van der Waals surface area contributed by atoms with Crippen LogP contribution in [-0.2, 0) is 19.6 Å². The fourth-order valence-electron chi connectivity index (χ4n) is 2.50. The molecule has 0 radical (unpaired) electrons.